The zero-order valence-corrected chi connectivity index (χ0v) is 12.2. The molecule has 0 spiro atoms. The fraction of sp³-hybridized carbons (Fsp3) is 0.647. The van der Waals surface area contributed by atoms with Gasteiger partial charge < -0.3 is 5.32 Å². The molecule has 1 N–H and O–H groups in total. The summed E-state index contributed by atoms with van der Waals surface area (Å²) in [5.41, 5.74) is 1.19. The normalized spacial score (nSPS) is 24.4. The molecule has 0 heterocycles. The van der Waals surface area contributed by atoms with Gasteiger partial charge in [-0.25, -0.2) is 4.39 Å². The topological polar surface area (TPSA) is 12.0 Å². The molecule has 2 unspecified atom stereocenters. The van der Waals surface area contributed by atoms with E-state index in [9.17, 15) is 4.39 Å². The van der Waals surface area contributed by atoms with Crippen LogP contribution in [0.3, 0.4) is 0 Å². The minimum absolute atomic E-state index is 0.0997. The van der Waals surface area contributed by atoms with E-state index >= 15 is 0 Å². The first-order valence-electron chi connectivity index (χ1n) is 7.65. The largest absolute Gasteiger partial charge is 0.314 e. The van der Waals surface area contributed by atoms with Crippen LogP contribution in [0.1, 0.15) is 57.4 Å². The molecule has 106 valence electrons. The van der Waals surface area contributed by atoms with Gasteiger partial charge in [-0.3, -0.25) is 0 Å². The Morgan fingerprint density at radius 3 is 2.74 bits per heavy atom. The van der Waals surface area contributed by atoms with Gasteiger partial charge in [0.05, 0.1) is 0 Å². The van der Waals surface area contributed by atoms with E-state index in [1.807, 2.05) is 6.07 Å². The molecule has 2 atom stereocenters. The summed E-state index contributed by atoms with van der Waals surface area (Å²) >= 11 is 0. The molecular weight excluding hydrogens is 237 g/mol. The van der Waals surface area contributed by atoms with E-state index in [-0.39, 0.29) is 5.82 Å². The molecule has 19 heavy (non-hydrogen) atoms. The van der Waals surface area contributed by atoms with Crippen molar-refractivity contribution in [2.24, 2.45) is 5.92 Å². The maximum atomic E-state index is 13.4. The van der Waals surface area contributed by atoms with Crippen LogP contribution in [0, 0.1) is 11.7 Å². The molecule has 1 aliphatic rings. The van der Waals surface area contributed by atoms with E-state index in [0.717, 1.165) is 6.54 Å². The molecule has 2 heteroatoms. The Bertz CT molecular complexity index is 389. The summed E-state index contributed by atoms with van der Waals surface area (Å²) in [6, 6.07) is 7.75. The summed E-state index contributed by atoms with van der Waals surface area (Å²) < 4.78 is 13.4. The number of hydrogen-bond donors (Lipinski definition) is 1. The highest BCUT2D eigenvalue weighted by molar-refractivity contribution is 5.22. The first-order valence-corrected chi connectivity index (χ1v) is 7.65. The van der Waals surface area contributed by atoms with Crippen LogP contribution in [0.5, 0.6) is 0 Å². The fourth-order valence-corrected chi connectivity index (χ4v) is 3.19. The molecule has 0 amide bonds. The highest BCUT2D eigenvalue weighted by Gasteiger charge is 2.25. The lowest BCUT2D eigenvalue weighted by Gasteiger charge is -2.27. The lowest BCUT2D eigenvalue weighted by molar-refractivity contribution is 0.362. The Labute approximate surface area is 116 Å². The Balaban J connectivity index is 2.12. The van der Waals surface area contributed by atoms with Gasteiger partial charge in [0.1, 0.15) is 5.82 Å². The summed E-state index contributed by atoms with van der Waals surface area (Å²) in [6.45, 7) is 5.43. The summed E-state index contributed by atoms with van der Waals surface area (Å²) in [7, 11) is 0. The van der Waals surface area contributed by atoms with Crippen molar-refractivity contribution in [3.8, 4) is 0 Å². The smallest absolute Gasteiger partial charge is 0.123 e. The quantitative estimate of drug-likeness (QED) is 0.789. The van der Waals surface area contributed by atoms with Crippen LogP contribution in [0.25, 0.3) is 0 Å². The predicted octanol–water partition coefficient (Wildman–Crippen LogP) is 4.49. The Morgan fingerprint density at radius 1 is 1.21 bits per heavy atom. The van der Waals surface area contributed by atoms with Crippen molar-refractivity contribution in [2.45, 2.75) is 57.9 Å². The van der Waals surface area contributed by atoms with Crippen molar-refractivity contribution in [3.05, 3.63) is 35.6 Å². The van der Waals surface area contributed by atoms with Crippen molar-refractivity contribution < 1.29 is 4.39 Å². The number of benzene rings is 1. The minimum Gasteiger partial charge on any atom is -0.314 e. The zero-order chi connectivity index (χ0) is 13.7. The summed E-state index contributed by atoms with van der Waals surface area (Å²) in [5, 5.41) is 3.56. The third-order valence-electron chi connectivity index (χ3n) is 4.22. The van der Waals surface area contributed by atoms with E-state index in [4.69, 9.17) is 0 Å². The van der Waals surface area contributed by atoms with Gasteiger partial charge in [0, 0.05) is 6.04 Å². The molecule has 0 aromatic heterocycles. The van der Waals surface area contributed by atoms with Crippen LogP contribution in [0.4, 0.5) is 4.39 Å². The van der Waals surface area contributed by atoms with Gasteiger partial charge in [-0.2, -0.15) is 0 Å². The van der Waals surface area contributed by atoms with Gasteiger partial charge in [-0.05, 0) is 48.9 Å². The molecule has 1 nitrogen and oxygen atoms in total. The molecule has 2 rings (SSSR count). The van der Waals surface area contributed by atoms with Crippen LogP contribution < -0.4 is 5.32 Å². The first-order chi connectivity index (χ1) is 9.16. The summed E-state index contributed by atoms with van der Waals surface area (Å²) in [6.07, 6.45) is 6.38. The van der Waals surface area contributed by atoms with Crippen molar-refractivity contribution in [2.75, 3.05) is 6.54 Å². The summed E-state index contributed by atoms with van der Waals surface area (Å²) in [4.78, 5) is 0. The van der Waals surface area contributed by atoms with E-state index < -0.39 is 0 Å². The highest BCUT2D eigenvalue weighted by Crippen LogP contribution is 2.36. The lowest BCUT2D eigenvalue weighted by atomic mass is 9.82. The number of hydrogen-bond acceptors (Lipinski definition) is 1. The summed E-state index contributed by atoms with van der Waals surface area (Å²) in [5.74, 6) is 1.06. The fourth-order valence-electron chi connectivity index (χ4n) is 3.19. The Kier molecular flexibility index (Phi) is 5.38. The molecule has 1 aromatic carbocycles. The number of rotatable bonds is 4. The molecule has 0 saturated heterocycles. The Hall–Kier alpha value is -0.890. The van der Waals surface area contributed by atoms with Gasteiger partial charge in [0.25, 0.3) is 0 Å². The third kappa shape index (κ3) is 4.31. The maximum Gasteiger partial charge on any atom is 0.123 e. The van der Waals surface area contributed by atoms with Crippen molar-refractivity contribution in [1.82, 2.24) is 5.32 Å². The van der Waals surface area contributed by atoms with Gasteiger partial charge in [0.2, 0.25) is 0 Å². The van der Waals surface area contributed by atoms with E-state index in [2.05, 4.69) is 25.2 Å². The third-order valence-corrected chi connectivity index (χ3v) is 4.22. The van der Waals surface area contributed by atoms with E-state index in [1.165, 1.54) is 37.7 Å². The monoisotopic (exact) mass is 263 g/mol. The maximum absolute atomic E-state index is 13.4. The van der Waals surface area contributed by atoms with Crippen LogP contribution in [0.2, 0.25) is 0 Å². The average Bonchev–Trinajstić information content (AvgIpc) is 2.61. The van der Waals surface area contributed by atoms with Crippen molar-refractivity contribution in [1.29, 1.82) is 0 Å². The number of halogens is 1. The second-order valence-corrected chi connectivity index (χ2v) is 6.12. The standard InChI is InChI=1S/C17H26FN/c1-13(2)19-12-15-7-4-3-5-10-17(15)14-8-6-9-16(18)11-14/h6,8-9,11,13,15,17,19H,3-5,7,10,12H2,1-2H3. The molecule has 1 aliphatic carbocycles. The minimum atomic E-state index is -0.0997. The molecule has 1 aromatic rings. The molecule has 0 radical (unpaired) electrons. The highest BCUT2D eigenvalue weighted by atomic mass is 19.1. The Morgan fingerprint density at radius 2 is 2.00 bits per heavy atom. The second kappa shape index (κ2) is 7.04. The SMILES string of the molecule is CC(C)NCC1CCCCCC1c1cccc(F)c1. The second-order valence-electron chi connectivity index (χ2n) is 6.12. The molecular formula is C17H26FN. The lowest BCUT2D eigenvalue weighted by Crippen LogP contribution is -2.31. The molecule has 1 saturated carbocycles. The van der Waals surface area contributed by atoms with E-state index in [1.54, 1.807) is 12.1 Å². The van der Waals surface area contributed by atoms with Gasteiger partial charge in [0.15, 0.2) is 0 Å². The van der Waals surface area contributed by atoms with Gasteiger partial charge >= 0.3 is 0 Å². The van der Waals surface area contributed by atoms with Crippen molar-refractivity contribution >= 4 is 0 Å². The van der Waals surface area contributed by atoms with Gasteiger partial charge in [-0.15, -0.1) is 0 Å². The van der Waals surface area contributed by atoms with Crippen LogP contribution >= 0.6 is 0 Å². The average molecular weight is 263 g/mol. The van der Waals surface area contributed by atoms with E-state index in [0.29, 0.717) is 17.9 Å². The molecule has 0 bridgehead atoms. The van der Waals surface area contributed by atoms with Crippen LogP contribution in [-0.2, 0) is 0 Å². The molecule has 1 fully saturated rings. The molecule has 0 aliphatic heterocycles. The van der Waals surface area contributed by atoms with Crippen LogP contribution in [0.15, 0.2) is 24.3 Å². The number of nitrogens with one attached hydrogen (secondary N) is 1. The zero-order valence-electron chi connectivity index (χ0n) is 12.2. The van der Waals surface area contributed by atoms with Crippen molar-refractivity contribution in [3.63, 3.8) is 0 Å². The predicted molar refractivity (Wildman–Crippen MR) is 78.9 cm³/mol. The van der Waals surface area contributed by atoms with Gasteiger partial charge in [-0.1, -0.05) is 45.2 Å². The van der Waals surface area contributed by atoms with Crippen LogP contribution in [-0.4, -0.2) is 12.6 Å². The first kappa shape index (κ1) is 14.5.